The van der Waals surface area contributed by atoms with Gasteiger partial charge < -0.3 is 0 Å². The molecule has 1 heteroatoms. The van der Waals surface area contributed by atoms with Gasteiger partial charge in [-0.2, -0.15) is 0 Å². The van der Waals surface area contributed by atoms with Gasteiger partial charge in [-0.15, -0.1) is 0 Å². The van der Waals surface area contributed by atoms with Gasteiger partial charge in [0.1, 0.15) is 0 Å². The topological polar surface area (TPSA) is 12.9 Å². The van der Waals surface area contributed by atoms with Gasteiger partial charge in [-0.25, -0.2) is 0 Å². The number of hydrogen-bond donors (Lipinski definition) is 0. The van der Waals surface area contributed by atoms with Crippen LogP contribution < -0.4 is 0 Å². The normalized spacial score (nSPS) is 14.8. The summed E-state index contributed by atoms with van der Waals surface area (Å²) in [6.45, 7) is 0. The molecule has 1 nitrogen and oxygen atoms in total. The minimum absolute atomic E-state index is 0.342. The summed E-state index contributed by atoms with van der Waals surface area (Å²) in [4.78, 5) is 5.30. The Hall–Kier alpha value is -6.57. The molecule has 1 heterocycles. The average molecular weight is 660 g/mol. The zero-order valence-corrected chi connectivity index (χ0v) is 28.6. The van der Waals surface area contributed by atoms with Crippen LogP contribution in [0.3, 0.4) is 0 Å². The summed E-state index contributed by atoms with van der Waals surface area (Å²) in [5, 5.41) is 4.98. The maximum Gasteiger partial charge on any atom is 0.0708 e. The molecule has 0 saturated carbocycles. The van der Waals surface area contributed by atoms with E-state index in [1.54, 1.807) is 0 Å². The van der Waals surface area contributed by atoms with Crippen LogP contribution in [-0.2, 0) is 5.41 Å². The highest BCUT2D eigenvalue weighted by atomic mass is 14.7. The third-order valence-corrected chi connectivity index (χ3v) is 11.6. The summed E-state index contributed by atoms with van der Waals surface area (Å²) in [6.07, 6.45) is 12.0. The molecule has 0 fully saturated rings. The quantitative estimate of drug-likeness (QED) is 0.172. The molecule has 0 unspecified atom stereocenters. The van der Waals surface area contributed by atoms with Crippen molar-refractivity contribution < 1.29 is 0 Å². The van der Waals surface area contributed by atoms with Crippen LogP contribution in [0.4, 0.5) is 0 Å². The monoisotopic (exact) mass is 659 g/mol. The van der Waals surface area contributed by atoms with Crippen molar-refractivity contribution in [3.05, 3.63) is 216 Å². The van der Waals surface area contributed by atoms with Gasteiger partial charge in [0.15, 0.2) is 0 Å². The standard InChI is InChI=1S/C51H33N/c1-3-16-33(17-4-1)48-37-20-7-9-22-39(37)49(40-23-10-8-21-38(40)48)34-30-31-47(52-32-34)42-25-15-29-46-50(42)41-24-5-2-6-26-45(41)51(46)43-27-13-11-18-35(43)36-19-12-14-28-44(36)51/h1-25,27-32H,26H2. The van der Waals surface area contributed by atoms with Crippen LogP contribution in [0, 0.1) is 0 Å². The van der Waals surface area contributed by atoms with E-state index in [9.17, 15) is 0 Å². The second-order valence-electron chi connectivity index (χ2n) is 14.1. The molecular weight excluding hydrogens is 627 g/mol. The largest absolute Gasteiger partial charge is 0.256 e. The zero-order chi connectivity index (χ0) is 34.2. The molecule has 0 aliphatic heterocycles. The third-order valence-electron chi connectivity index (χ3n) is 11.6. The Labute approximate surface area is 303 Å². The predicted molar refractivity (Wildman–Crippen MR) is 217 cm³/mol. The Bertz CT molecular complexity index is 2750. The van der Waals surface area contributed by atoms with Crippen LogP contribution >= 0.6 is 0 Å². The number of benzene rings is 7. The molecule has 0 atom stereocenters. The molecule has 0 amide bonds. The Balaban J connectivity index is 1.12. The highest BCUT2D eigenvalue weighted by Crippen LogP contribution is 2.64. The first-order chi connectivity index (χ1) is 25.8. The van der Waals surface area contributed by atoms with E-state index in [2.05, 4.69) is 188 Å². The van der Waals surface area contributed by atoms with Crippen molar-refractivity contribution in [2.45, 2.75) is 11.8 Å². The highest BCUT2D eigenvalue weighted by molar-refractivity contribution is 6.21. The number of allylic oxidation sites excluding steroid dienone is 6. The number of aromatic nitrogens is 1. The van der Waals surface area contributed by atoms with Gasteiger partial charge in [-0.1, -0.05) is 176 Å². The molecule has 7 aromatic carbocycles. The smallest absolute Gasteiger partial charge is 0.0708 e. The van der Waals surface area contributed by atoms with Crippen molar-refractivity contribution in [3.8, 4) is 44.6 Å². The van der Waals surface area contributed by atoms with E-state index in [4.69, 9.17) is 4.98 Å². The van der Waals surface area contributed by atoms with Crippen molar-refractivity contribution in [1.82, 2.24) is 4.98 Å². The lowest BCUT2D eigenvalue weighted by Crippen LogP contribution is -2.27. The van der Waals surface area contributed by atoms with Crippen LogP contribution in [0.5, 0.6) is 0 Å². The summed E-state index contributed by atoms with van der Waals surface area (Å²) in [5.41, 5.74) is 17.5. The van der Waals surface area contributed by atoms with Crippen LogP contribution in [0.2, 0.25) is 0 Å². The number of pyridine rings is 1. The Morgan fingerprint density at radius 3 is 1.62 bits per heavy atom. The SMILES string of the molecule is C1=CCC2=C(C=C1)c1c(-c3ccc(-c4c5ccccc5c(-c5ccccc5)c5ccccc45)cn3)cccc1C21c2ccccc2-c2ccccc21. The maximum atomic E-state index is 5.30. The third kappa shape index (κ3) is 3.91. The number of fused-ring (bicyclic) bond motifs is 11. The Morgan fingerprint density at radius 1 is 0.423 bits per heavy atom. The molecule has 0 saturated heterocycles. The number of nitrogens with zero attached hydrogens (tertiary/aromatic N) is 1. The van der Waals surface area contributed by atoms with Crippen LogP contribution in [0.15, 0.2) is 194 Å². The summed E-state index contributed by atoms with van der Waals surface area (Å²) in [6, 6.07) is 57.9. The van der Waals surface area contributed by atoms with Crippen molar-refractivity contribution in [3.63, 3.8) is 0 Å². The Morgan fingerprint density at radius 2 is 0.981 bits per heavy atom. The number of hydrogen-bond acceptors (Lipinski definition) is 1. The Kier molecular flexibility index (Phi) is 6.30. The molecule has 0 bridgehead atoms. The van der Waals surface area contributed by atoms with Crippen molar-refractivity contribution in [2.75, 3.05) is 0 Å². The van der Waals surface area contributed by atoms with Crippen molar-refractivity contribution >= 4 is 27.1 Å². The van der Waals surface area contributed by atoms with E-state index in [1.165, 1.54) is 88.3 Å². The second kappa shape index (κ2) is 11.2. The van der Waals surface area contributed by atoms with E-state index < -0.39 is 0 Å². The fourth-order valence-electron chi connectivity index (χ4n) is 9.65. The fraction of sp³-hybridized carbons (Fsp3) is 0.0392. The summed E-state index contributed by atoms with van der Waals surface area (Å²) < 4.78 is 0. The summed E-state index contributed by atoms with van der Waals surface area (Å²) in [7, 11) is 0. The van der Waals surface area contributed by atoms with Crippen LogP contribution in [0.25, 0.3) is 71.8 Å². The first kappa shape index (κ1) is 29.2. The molecule has 8 aromatic rings. The van der Waals surface area contributed by atoms with Gasteiger partial charge in [0.25, 0.3) is 0 Å². The molecule has 1 aromatic heterocycles. The second-order valence-corrected chi connectivity index (χ2v) is 14.1. The molecule has 3 aliphatic rings. The number of rotatable bonds is 3. The lowest BCUT2D eigenvalue weighted by Gasteiger charge is -2.32. The van der Waals surface area contributed by atoms with E-state index in [0.29, 0.717) is 0 Å². The van der Waals surface area contributed by atoms with Gasteiger partial charge in [0.05, 0.1) is 11.1 Å². The molecule has 242 valence electrons. The molecule has 3 aliphatic carbocycles. The summed E-state index contributed by atoms with van der Waals surface area (Å²) >= 11 is 0. The van der Waals surface area contributed by atoms with E-state index in [1.807, 2.05) is 0 Å². The van der Waals surface area contributed by atoms with Gasteiger partial charge in [0, 0.05) is 17.3 Å². The lowest BCUT2D eigenvalue weighted by molar-refractivity contribution is 0.747. The molecule has 11 rings (SSSR count). The van der Waals surface area contributed by atoms with Gasteiger partial charge >= 0.3 is 0 Å². The molecule has 0 N–H and O–H groups in total. The minimum Gasteiger partial charge on any atom is -0.256 e. The van der Waals surface area contributed by atoms with Gasteiger partial charge in [-0.05, 0) is 95.2 Å². The predicted octanol–water partition coefficient (Wildman–Crippen LogP) is 13.0. The first-order valence-electron chi connectivity index (χ1n) is 18.2. The zero-order valence-electron chi connectivity index (χ0n) is 28.6. The van der Waals surface area contributed by atoms with Crippen molar-refractivity contribution in [1.29, 1.82) is 0 Å². The summed E-state index contributed by atoms with van der Waals surface area (Å²) in [5.74, 6) is 0. The van der Waals surface area contributed by atoms with Crippen LogP contribution in [-0.4, -0.2) is 4.98 Å². The minimum atomic E-state index is -0.342. The molecule has 52 heavy (non-hydrogen) atoms. The van der Waals surface area contributed by atoms with Crippen LogP contribution in [0.1, 0.15) is 28.7 Å². The van der Waals surface area contributed by atoms with E-state index in [0.717, 1.165) is 17.7 Å². The fourth-order valence-corrected chi connectivity index (χ4v) is 9.65. The molecule has 1 spiro atoms. The lowest BCUT2D eigenvalue weighted by atomic mass is 9.68. The van der Waals surface area contributed by atoms with E-state index >= 15 is 0 Å². The molecular formula is C51H33N. The van der Waals surface area contributed by atoms with E-state index in [-0.39, 0.29) is 5.41 Å². The van der Waals surface area contributed by atoms with Crippen molar-refractivity contribution in [2.24, 2.45) is 0 Å². The van der Waals surface area contributed by atoms with Gasteiger partial charge in [0.2, 0.25) is 0 Å². The first-order valence-corrected chi connectivity index (χ1v) is 18.2. The molecule has 0 radical (unpaired) electrons. The van der Waals surface area contributed by atoms with Gasteiger partial charge in [-0.3, -0.25) is 4.98 Å². The maximum absolute atomic E-state index is 5.30. The highest BCUT2D eigenvalue weighted by Gasteiger charge is 2.52. The average Bonchev–Trinajstić information content (AvgIpc) is 3.52.